The van der Waals surface area contributed by atoms with Gasteiger partial charge in [0.05, 0.1) is 11.4 Å². The highest BCUT2D eigenvalue weighted by Gasteiger charge is 2.05. The predicted octanol–water partition coefficient (Wildman–Crippen LogP) is 0.698. The van der Waals surface area contributed by atoms with E-state index in [0.717, 1.165) is 11.4 Å². The SMILES string of the molecule is Cc1nnnnc1C(C)C. The average molecular weight is 138 g/mol. The van der Waals surface area contributed by atoms with Gasteiger partial charge in [-0.25, -0.2) is 0 Å². The van der Waals surface area contributed by atoms with Crippen LogP contribution >= 0.6 is 0 Å². The van der Waals surface area contributed by atoms with E-state index >= 15 is 0 Å². The Morgan fingerprint density at radius 1 is 1.10 bits per heavy atom. The van der Waals surface area contributed by atoms with E-state index in [1.807, 2.05) is 6.92 Å². The molecule has 0 aliphatic rings. The van der Waals surface area contributed by atoms with Crippen LogP contribution in [0.5, 0.6) is 0 Å². The van der Waals surface area contributed by atoms with Gasteiger partial charge in [0.15, 0.2) is 0 Å². The highest BCUT2D eigenvalue weighted by Crippen LogP contribution is 2.10. The van der Waals surface area contributed by atoms with Crippen LogP contribution in [0.25, 0.3) is 0 Å². The van der Waals surface area contributed by atoms with Gasteiger partial charge in [0.2, 0.25) is 0 Å². The van der Waals surface area contributed by atoms with E-state index in [0.29, 0.717) is 5.92 Å². The van der Waals surface area contributed by atoms with E-state index in [1.54, 1.807) is 0 Å². The molecule has 0 aliphatic carbocycles. The highest BCUT2D eigenvalue weighted by molar-refractivity contribution is 5.08. The van der Waals surface area contributed by atoms with E-state index in [-0.39, 0.29) is 0 Å². The third-order valence-corrected chi connectivity index (χ3v) is 1.30. The maximum atomic E-state index is 3.85. The van der Waals surface area contributed by atoms with E-state index in [2.05, 4.69) is 34.5 Å². The van der Waals surface area contributed by atoms with Crippen molar-refractivity contribution in [1.29, 1.82) is 0 Å². The number of aromatic nitrogens is 4. The van der Waals surface area contributed by atoms with Crippen molar-refractivity contribution in [3.8, 4) is 0 Å². The van der Waals surface area contributed by atoms with Crippen molar-refractivity contribution < 1.29 is 0 Å². The van der Waals surface area contributed by atoms with Crippen LogP contribution in [-0.2, 0) is 0 Å². The van der Waals surface area contributed by atoms with Crippen molar-refractivity contribution in [3.05, 3.63) is 11.4 Å². The molecule has 54 valence electrons. The lowest BCUT2D eigenvalue weighted by Gasteiger charge is -2.02. The third kappa shape index (κ3) is 1.26. The van der Waals surface area contributed by atoms with Crippen LogP contribution in [0, 0.1) is 6.92 Å². The van der Waals surface area contributed by atoms with Gasteiger partial charge in [0, 0.05) is 0 Å². The summed E-state index contributed by atoms with van der Waals surface area (Å²) in [6, 6.07) is 0. The van der Waals surface area contributed by atoms with E-state index in [1.165, 1.54) is 0 Å². The Hall–Kier alpha value is -1.06. The molecule has 1 aromatic heterocycles. The molecule has 0 fully saturated rings. The molecule has 0 N–H and O–H groups in total. The van der Waals surface area contributed by atoms with E-state index in [9.17, 15) is 0 Å². The summed E-state index contributed by atoms with van der Waals surface area (Å²) in [6.07, 6.45) is 0. The van der Waals surface area contributed by atoms with Crippen LogP contribution in [0.15, 0.2) is 0 Å². The molecule has 4 heteroatoms. The van der Waals surface area contributed by atoms with Gasteiger partial charge in [-0.3, -0.25) is 0 Å². The largest absolute Gasteiger partial charge is 0.132 e. The molecule has 0 saturated heterocycles. The minimum atomic E-state index is 0.378. The molecule has 0 atom stereocenters. The standard InChI is InChI=1S/C6H10N4/c1-4(2)6-5(3)7-9-10-8-6/h4H,1-3H3. The van der Waals surface area contributed by atoms with Gasteiger partial charge >= 0.3 is 0 Å². The molecule has 0 bridgehead atoms. The van der Waals surface area contributed by atoms with Gasteiger partial charge in [-0.2, -0.15) is 0 Å². The highest BCUT2D eigenvalue weighted by atomic mass is 15.4. The molecule has 1 heterocycles. The Morgan fingerprint density at radius 3 is 2.10 bits per heavy atom. The molecule has 4 nitrogen and oxygen atoms in total. The summed E-state index contributed by atoms with van der Waals surface area (Å²) in [5, 5.41) is 14.5. The van der Waals surface area contributed by atoms with Crippen molar-refractivity contribution in [2.24, 2.45) is 0 Å². The van der Waals surface area contributed by atoms with Gasteiger partial charge in [-0.05, 0) is 23.3 Å². The smallest absolute Gasteiger partial charge is 0.0905 e. The minimum Gasteiger partial charge on any atom is -0.132 e. The second-order valence-corrected chi connectivity index (χ2v) is 2.50. The molecule has 1 aromatic rings. The first-order chi connectivity index (χ1) is 4.72. The quantitative estimate of drug-likeness (QED) is 0.573. The zero-order valence-corrected chi connectivity index (χ0v) is 6.37. The van der Waals surface area contributed by atoms with Crippen LogP contribution in [-0.4, -0.2) is 20.6 Å². The van der Waals surface area contributed by atoms with Crippen LogP contribution < -0.4 is 0 Å². The Labute approximate surface area is 59.7 Å². The number of hydrogen-bond acceptors (Lipinski definition) is 4. The summed E-state index contributed by atoms with van der Waals surface area (Å²) in [5.74, 6) is 0.378. The van der Waals surface area contributed by atoms with Gasteiger partial charge in [-0.1, -0.05) is 13.8 Å². The summed E-state index contributed by atoms with van der Waals surface area (Å²) < 4.78 is 0. The predicted molar refractivity (Wildman–Crippen MR) is 36.4 cm³/mol. The zero-order valence-electron chi connectivity index (χ0n) is 6.37. The lowest BCUT2D eigenvalue weighted by atomic mass is 10.1. The fraction of sp³-hybridized carbons (Fsp3) is 0.667. The topological polar surface area (TPSA) is 51.6 Å². The van der Waals surface area contributed by atoms with Gasteiger partial charge in [0.25, 0.3) is 0 Å². The number of rotatable bonds is 1. The van der Waals surface area contributed by atoms with Crippen LogP contribution in [0.1, 0.15) is 31.2 Å². The summed E-state index contributed by atoms with van der Waals surface area (Å²) >= 11 is 0. The van der Waals surface area contributed by atoms with Crippen LogP contribution in [0.3, 0.4) is 0 Å². The fourth-order valence-corrected chi connectivity index (χ4v) is 0.812. The van der Waals surface area contributed by atoms with Crippen molar-refractivity contribution >= 4 is 0 Å². The number of aryl methyl sites for hydroxylation is 1. The molecule has 0 unspecified atom stereocenters. The number of nitrogens with zero attached hydrogens (tertiary/aromatic N) is 4. The molecular formula is C6H10N4. The molecule has 0 aromatic carbocycles. The van der Waals surface area contributed by atoms with Crippen LogP contribution in [0.4, 0.5) is 0 Å². The maximum Gasteiger partial charge on any atom is 0.0905 e. The zero-order chi connectivity index (χ0) is 7.56. The maximum absolute atomic E-state index is 3.85. The normalized spacial score (nSPS) is 10.4. The van der Waals surface area contributed by atoms with Crippen molar-refractivity contribution in [3.63, 3.8) is 0 Å². The average Bonchev–Trinajstić information content (AvgIpc) is 1.88. The summed E-state index contributed by atoms with van der Waals surface area (Å²) in [7, 11) is 0. The molecule has 0 spiro atoms. The lowest BCUT2D eigenvalue weighted by molar-refractivity contribution is 0.668. The summed E-state index contributed by atoms with van der Waals surface area (Å²) in [5.41, 5.74) is 1.79. The second-order valence-electron chi connectivity index (χ2n) is 2.50. The van der Waals surface area contributed by atoms with E-state index < -0.39 is 0 Å². The molecule has 0 amide bonds. The van der Waals surface area contributed by atoms with Crippen molar-refractivity contribution in [1.82, 2.24) is 20.6 Å². The molecular weight excluding hydrogens is 128 g/mol. The first kappa shape index (κ1) is 7.05. The van der Waals surface area contributed by atoms with E-state index in [4.69, 9.17) is 0 Å². The minimum absolute atomic E-state index is 0.378. The van der Waals surface area contributed by atoms with Gasteiger partial charge < -0.3 is 0 Å². The Bertz CT molecular complexity index is 221. The molecule has 1 rings (SSSR count). The number of hydrogen-bond donors (Lipinski definition) is 0. The van der Waals surface area contributed by atoms with Crippen molar-refractivity contribution in [2.75, 3.05) is 0 Å². The molecule has 0 aliphatic heterocycles. The Balaban J connectivity index is 3.03. The summed E-state index contributed by atoms with van der Waals surface area (Å²) in [6.45, 7) is 5.99. The first-order valence-corrected chi connectivity index (χ1v) is 3.24. The van der Waals surface area contributed by atoms with Crippen LogP contribution in [0.2, 0.25) is 0 Å². The van der Waals surface area contributed by atoms with Gasteiger partial charge in [-0.15, -0.1) is 10.2 Å². The molecule has 10 heavy (non-hydrogen) atoms. The Morgan fingerprint density at radius 2 is 1.70 bits per heavy atom. The fourth-order valence-electron chi connectivity index (χ4n) is 0.812. The van der Waals surface area contributed by atoms with Gasteiger partial charge in [0.1, 0.15) is 0 Å². The molecule has 0 saturated carbocycles. The lowest BCUT2D eigenvalue weighted by Crippen LogP contribution is -2.03. The molecule has 0 radical (unpaired) electrons. The first-order valence-electron chi connectivity index (χ1n) is 3.24. The second kappa shape index (κ2) is 2.68. The third-order valence-electron chi connectivity index (χ3n) is 1.30. The van der Waals surface area contributed by atoms with Crippen molar-refractivity contribution in [2.45, 2.75) is 26.7 Å². The Kier molecular flexibility index (Phi) is 1.89. The summed E-state index contributed by atoms with van der Waals surface area (Å²) in [4.78, 5) is 0. The monoisotopic (exact) mass is 138 g/mol.